The second kappa shape index (κ2) is 7.35. The van der Waals surface area contributed by atoms with E-state index in [0.717, 1.165) is 16.7 Å². The van der Waals surface area contributed by atoms with Crippen LogP contribution in [0.2, 0.25) is 5.02 Å². The summed E-state index contributed by atoms with van der Waals surface area (Å²) >= 11 is 7.41. The van der Waals surface area contributed by atoms with Crippen molar-refractivity contribution in [2.45, 2.75) is 0 Å². The summed E-state index contributed by atoms with van der Waals surface area (Å²) in [5.74, 6) is 1.38. The van der Waals surface area contributed by atoms with Crippen molar-refractivity contribution in [3.8, 4) is 22.6 Å². The molecule has 6 nitrogen and oxygen atoms in total. The van der Waals surface area contributed by atoms with E-state index < -0.39 is 0 Å². The number of fused-ring (bicyclic) bond motifs is 2. The summed E-state index contributed by atoms with van der Waals surface area (Å²) in [6.07, 6.45) is 3.03. The maximum Gasteiger partial charge on any atom is 0.283 e. The quantitative estimate of drug-likeness (QED) is 0.457. The summed E-state index contributed by atoms with van der Waals surface area (Å²) in [6.45, 7) is 1.05. The van der Waals surface area contributed by atoms with Gasteiger partial charge in [-0.25, -0.2) is 4.98 Å². The first kappa shape index (κ1) is 17.9. The minimum absolute atomic E-state index is 0.227. The molecule has 0 N–H and O–H groups in total. The van der Waals surface area contributed by atoms with Gasteiger partial charge in [0.1, 0.15) is 24.4 Å². The molecule has 0 atom stereocenters. The fourth-order valence-corrected chi connectivity index (χ4v) is 4.15. The molecule has 2 aromatic heterocycles. The molecule has 29 heavy (non-hydrogen) atoms. The highest BCUT2D eigenvalue weighted by Crippen LogP contribution is 2.32. The third-order valence-electron chi connectivity index (χ3n) is 4.53. The van der Waals surface area contributed by atoms with Gasteiger partial charge in [0.05, 0.1) is 11.6 Å². The van der Waals surface area contributed by atoms with Crippen LogP contribution in [0.15, 0.2) is 64.1 Å². The van der Waals surface area contributed by atoms with Gasteiger partial charge in [-0.3, -0.25) is 4.79 Å². The Morgan fingerprint density at radius 2 is 1.90 bits per heavy atom. The van der Waals surface area contributed by atoms with Crippen molar-refractivity contribution in [2.24, 2.45) is 5.10 Å². The maximum atomic E-state index is 13.0. The van der Waals surface area contributed by atoms with Crippen molar-refractivity contribution in [1.29, 1.82) is 0 Å². The van der Waals surface area contributed by atoms with Crippen molar-refractivity contribution in [3.05, 3.63) is 75.1 Å². The van der Waals surface area contributed by atoms with E-state index in [1.54, 1.807) is 18.3 Å². The Balaban J connectivity index is 1.53. The van der Waals surface area contributed by atoms with Crippen LogP contribution in [0.3, 0.4) is 0 Å². The molecule has 8 heteroatoms. The van der Waals surface area contributed by atoms with Gasteiger partial charge in [0.15, 0.2) is 11.5 Å². The molecule has 0 radical (unpaired) electrons. The molecule has 4 aromatic rings. The Bertz CT molecular complexity index is 1300. The van der Waals surface area contributed by atoms with Gasteiger partial charge in [0.25, 0.3) is 5.56 Å². The van der Waals surface area contributed by atoms with Gasteiger partial charge in [-0.15, -0.1) is 11.3 Å². The Labute approximate surface area is 174 Å². The monoisotopic (exact) mass is 423 g/mol. The average Bonchev–Trinajstić information content (AvgIpc) is 3.19. The number of aromatic nitrogens is 2. The van der Waals surface area contributed by atoms with Crippen LogP contribution in [0.25, 0.3) is 21.3 Å². The normalized spacial score (nSPS) is 13.3. The minimum Gasteiger partial charge on any atom is -0.486 e. The molecular formula is C21H14ClN3O3S. The predicted octanol–water partition coefficient (Wildman–Crippen LogP) is 4.43. The van der Waals surface area contributed by atoms with E-state index in [1.165, 1.54) is 22.3 Å². The van der Waals surface area contributed by atoms with Gasteiger partial charge < -0.3 is 9.47 Å². The Hall–Kier alpha value is -3.16. The molecule has 0 amide bonds. The van der Waals surface area contributed by atoms with Crippen LogP contribution in [-0.2, 0) is 0 Å². The van der Waals surface area contributed by atoms with Gasteiger partial charge in [-0.1, -0.05) is 23.7 Å². The number of hydrogen-bond donors (Lipinski definition) is 0. The van der Waals surface area contributed by atoms with Gasteiger partial charge in [-0.05, 0) is 41.5 Å². The van der Waals surface area contributed by atoms with Crippen LogP contribution in [0.5, 0.6) is 11.5 Å². The first-order chi connectivity index (χ1) is 14.2. The molecule has 0 unspecified atom stereocenters. The van der Waals surface area contributed by atoms with E-state index in [0.29, 0.717) is 40.0 Å². The van der Waals surface area contributed by atoms with Crippen molar-refractivity contribution < 1.29 is 9.47 Å². The number of nitrogens with zero attached hydrogens (tertiary/aromatic N) is 3. The number of halogens is 1. The number of rotatable bonds is 3. The first-order valence-corrected chi connectivity index (χ1v) is 10.1. The summed E-state index contributed by atoms with van der Waals surface area (Å²) in [5.41, 5.74) is 2.30. The minimum atomic E-state index is -0.227. The Morgan fingerprint density at radius 3 is 2.72 bits per heavy atom. The van der Waals surface area contributed by atoms with E-state index in [2.05, 4.69) is 10.1 Å². The third-order valence-corrected chi connectivity index (χ3v) is 5.67. The maximum absolute atomic E-state index is 13.0. The zero-order chi connectivity index (χ0) is 19.8. The molecule has 0 aliphatic carbocycles. The Kier molecular flexibility index (Phi) is 4.54. The van der Waals surface area contributed by atoms with Crippen molar-refractivity contribution >= 4 is 39.4 Å². The van der Waals surface area contributed by atoms with Crippen LogP contribution in [0.1, 0.15) is 5.56 Å². The first-order valence-electron chi connectivity index (χ1n) is 8.88. The summed E-state index contributed by atoms with van der Waals surface area (Å²) in [5, 5.41) is 7.42. The number of hydrogen-bond acceptors (Lipinski definition) is 6. The fourth-order valence-electron chi connectivity index (χ4n) is 3.12. The molecule has 0 fully saturated rings. The van der Waals surface area contributed by atoms with Gasteiger partial charge in [-0.2, -0.15) is 9.78 Å². The van der Waals surface area contributed by atoms with Crippen LogP contribution >= 0.6 is 22.9 Å². The predicted molar refractivity (Wildman–Crippen MR) is 115 cm³/mol. The largest absolute Gasteiger partial charge is 0.486 e. The second-order valence-electron chi connectivity index (χ2n) is 6.38. The van der Waals surface area contributed by atoms with Crippen molar-refractivity contribution in [1.82, 2.24) is 9.66 Å². The van der Waals surface area contributed by atoms with E-state index in [4.69, 9.17) is 21.1 Å². The molecule has 0 spiro atoms. The van der Waals surface area contributed by atoms with E-state index in [1.807, 2.05) is 35.7 Å². The molecule has 0 saturated carbocycles. The smallest absolute Gasteiger partial charge is 0.283 e. The molecule has 2 aromatic carbocycles. The number of thiophene rings is 1. The lowest BCUT2D eigenvalue weighted by Crippen LogP contribution is -2.17. The molecule has 0 bridgehead atoms. The highest BCUT2D eigenvalue weighted by atomic mass is 35.5. The van der Waals surface area contributed by atoms with Crippen LogP contribution in [-0.4, -0.2) is 29.1 Å². The standard InChI is InChI=1S/C21H14ClN3O3S/c22-15-4-2-14(3-5-15)16-11-29-20-19(16)21(26)25(12-23-20)24-10-13-1-6-17-18(9-13)28-8-7-27-17/h1-6,9-12H,7-8H2/b24-10-. The lowest BCUT2D eigenvalue weighted by molar-refractivity contribution is 0.171. The summed E-state index contributed by atoms with van der Waals surface area (Å²) in [4.78, 5) is 18.1. The highest BCUT2D eigenvalue weighted by molar-refractivity contribution is 7.17. The van der Waals surface area contributed by atoms with Crippen molar-refractivity contribution in [3.63, 3.8) is 0 Å². The molecule has 1 aliphatic rings. The topological polar surface area (TPSA) is 65.7 Å². The third kappa shape index (κ3) is 3.39. The van der Waals surface area contributed by atoms with Gasteiger partial charge >= 0.3 is 0 Å². The zero-order valence-corrected chi connectivity index (χ0v) is 16.6. The van der Waals surface area contributed by atoms with Crippen LogP contribution < -0.4 is 15.0 Å². The molecule has 0 saturated heterocycles. The molecule has 3 heterocycles. The van der Waals surface area contributed by atoms with Crippen molar-refractivity contribution in [2.75, 3.05) is 13.2 Å². The summed E-state index contributed by atoms with van der Waals surface area (Å²) in [6, 6.07) is 12.9. The number of benzene rings is 2. The number of ether oxygens (including phenoxy) is 2. The fraction of sp³-hybridized carbons (Fsp3) is 0.0952. The zero-order valence-electron chi connectivity index (χ0n) is 15.0. The van der Waals surface area contributed by atoms with E-state index in [9.17, 15) is 4.79 Å². The molecule has 5 rings (SSSR count). The summed E-state index contributed by atoms with van der Waals surface area (Å²) < 4.78 is 12.3. The lowest BCUT2D eigenvalue weighted by Gasteiger charge is -2.18. The molecular weight excluding hydrogens is 410 g/mol. The van der Waals surface area contributed by atoms with Gasteiger partial charge in [0, 0.05) is 16.0 Å². The highest BCUT2D eigenvalue weighted by Gasteiger charge is 2.14. The van der Waals surface area contributed by atoms with E-state index >= 15 is 0 Å². The average molecular weight is 424 g/mol. The Morgan fingerprint density at radius 1 is 1.10 bits per heavy atom. The van der Waals surface area contributed by atoms with Crippen LogP contribution in [0, 0.1) is 0 Å². The van der Waals surface area contributed by atoms with Crippen LogP contribution in [0.4, 0.5) is 0 Å². The molecule has 144 valence electrons. The second-order valence-corrected chi connectivity index (χ2v) is 7.67. The van der Waals surface area contributed by atoms with E-state index in [-0.39, 0.29) is 5.56 Å². The SMILES string of the molecule is O=c1c2c(-c3ccc(Cl)cc3)csc2ncn1/N=C\c1ccc2c(c1)OCCO2. The van der Waals surface area contributed by atoms with Gasteiger partial charge in [0.2, 0.25) is 0 Å². The lowest BCUT2D eigenvalue weighted by atomic mass is 10.1. The molecule has 1 aliphatic heterocycles. The summed E-state index contributed by atoms with van der Waals surface area (Å²) in [7, 11) is 0.